The average molecular weight is 274 g/mol. The van der Waals surface area contributed by atoms with Crippen LogP contribution in [0.5, 0.6) is 0 Å². The largest absolute Gasteiger partial charge is 0.378 e. The third-order valence-corrected chi connectivity index (χ3v) is 4.62. The molecule has 0 bridgehead atoms. The first-order valence-electron chi connectivity index (χ1n) is 8.12. The Morgan fingerprint density at radius 1 is 1.30 bits per heavy atom. The number of anilines is 1. The van der Waals surface area contributed by atoms with Gasteiger partial charge >= 0.3 is 0 Å². The fourth-order valence-electron chi connectivity index (χ4n) is 3.56. The van der Waals surface area contributed by atoms with Crippen LogP contribution in [-0.4, -0.2) is 20.6 Å². The van der Waals surface area contributed by atoms with Crippen molar-refractivity contribution in [2.75, 3.05) is 25.5 Å². The summed E-state index contributed by atoms with van der Waals surface area (Å²) in [5.41, 5.74) is 2.76. The smallest absolute Gasteiger partial charge is 0.0364 e. The summed E-state index contributed by atoms with van der Waals surface area (Å²) in [6, 6.07) is 9.55. The van der Waals surface area contributed by atoms with E-state index in [-0.39, 0.29) is 0 Å². The van der Waals surface area contributed by atoms with Gasteiger partial charge in [-0.15, -0.1) is 0 Å². The van der Waals surface area contributed by atoms with Crippen LogP contribution in [-0.2, 0) is 0 Å². The lowest BCUT2D eigenvalue weighted by Gasteiger charge is -2.34. The Balaban J connectivity index is 2.20. The highest BCUT2D eigenvalue weighted by atomic mass is 15.1. The number of hydrogen-bond acceptors (Lipinski definition) is 2. The van der Waals surface area contributed by atoms with Crippen LogP contribution in [0.3, 0.4) is 0 Å². The third-order valence-electron chi connectivity index (χ3n) is 4.62. The van der Waals surface area contributed by atoms with Gasteiger partial charge in [0.2, 0.25) is 0 Å². The maximum absolute atomic E-state index is 3.74. The lowest BCUT2D eigenvalue weighted by molar-refractivity contribution is 0.225. The van der Waals surface area contributed by atoms with E-state index in [1.165, 1.54) is 36.9 Å². The topological polar surface area (TPSA) is 15.3 Å². The number of hydrogen-bond donors (Lipinski definition) is 1. The Hall–Kier alpha value is -1.02. The van der Waals surface area contributed by atoms with Crippen molar-refractivity contribution < 1.29 is 0 Å². The summed E-state index contributed by atoms with van der Waals surface area (Å²) in [5, 5.41) is 3.74. The second-order valence-corrected chi connectivity index (χ2v) is 6.56. The Morgan fingerprint density at radius 2 is 2.10 bits per heavy atom. The number of benzene rings is 1. The van der Waals surface area contributed by atoms with Gasteiger partial charge < -0.3 is 10.2 Å². The van der Waals surface area contributed by atoms with Crippen LogP contribution in [0, 0.1) is 11.8 Å². The van der Waals surface area contributed by atoms with E-state index in [9.17, 15) is 0 Å². The standard InChI is InChI=1S/C18H30N2/c1-5-19-18(15-9-6-8-14(2)12-15)16-10-7-11-17(13-16)20(3)4/h7,10-11,13-15,18-19H,5-6,8-9,12H2,1-4H3. The van der Waals surface area contributed by atoms with Crippen molar-refractivity contribution in [3.63, 3.8) is 0 Å². The quantitative estimate of drug-likeness (QED) is 0.864. The third kappa shape index (κ3) is 3.76. The van der Waals surface area contributed by atoms with Crippen molar-refractivity contribution in [3.05, 3.63) is 29.8 Å². The molecule has 20 heavy (non-hydrogen) atoms. The van der Waals surface area contributed by atoms with Crippen LogP contribution in [0.2, 0.25) is 0 Å². The molecule has 0 aromatic heterocycles. The fourth-order valence-corrected chi connectivity index (χ4v) is 3.56. The van der Waals surface area contributed by atoms with E-state index < -0.39 is 0 Å². The summed E-state index contributed by atoms with van der Waals surface area (Å²) < 4.78 is 0. The molecule has 1 fully saturated rings. The predicted molar refractivity (Wildman–Crippen MR) is 88.3 cm³/mol. The summed E-state index contributed by atoms with van der Waals surface area (Å²) in [7, 11) is 4.23. The Labute approximate surface area is 124 Å². The van der Waals surface area contributed by atoms with E-state index >= 15 is 0 Å². The van der Waals surface area contributed by atoms with Gasteiger partial charge in [-0.1, -0.05) is 38.8 Å². The average Bonchev–Trinajstić information content (AvgIpc) is 2.45. The lowest BCUT2D eigenvalue weighted by Crippen LogP contribution is -2.31. The zero-order valence-corrected chi connectivity index (χ0v) is 13.5. The highest BCUT2D eigenvalue weighted by Gasteiger charge is 2.27. The van der Waals surface area contributed by atoms with Crippen molar-refractivity contribution in [2.45, 2.75) is 45.6 Å². The first-order chi connectivity index (χ1) is 9.61. The molecule has 1 aromatic carbocycles. The number of nitrogens with one attached hydrogen (secondary N) is 1. The molecule has 3 atom stereocenters. The maximum Gasteiger partial charge on any atom is 0.0364 e. The summed E-state index contributed by atoms with van der Waals surface area (Å²) in [6.45, 7) is 5.67. The second kappa shape index (κ2) is 7.12. The van der Waals surface area contributed by atoms with Gasteiger partial charge in [-0.3, -0.25) is 0 Å². The molecule has 2 rings (SSSR count). The monoisotopic (exact) mass is 274 g/mol. The van der Waals surface area contributed by atoms with Gasteiger partial charge in [0.25, 0.3) is 0 Å². The summed E-state index contributed by atoms with van der Waals surface area (Å²) in [6.07, 6.45) is 5.53. The molecule has 3 unspecified atom stereocenters. The van der Waals surface area contributed by atoms with Crippen molar-refractivity contribution in [1.82, 2.24) is 5.32 Å². The van der Waals surface area contributed by atoms with E-state index in [0.717, 1.165) is 18.4 Å². The normalized spacial score (nSPS) is 24.4. The van der Waals surface area contributed by atoms with E-state index in [4.69, 9.17) is 0 Å². The second-order valence-electron chi connectivity index (χ2n) is 6.56. The van der Waals surface area contributed by atoms with E-state index in [2.05, 4.69) is 62.4 Å². The van der Waals surface area contributed by atoms with Gasteiger partial charge in [0.05, 0.1) is 0 Å². The predicted octanol–water partition coefficient (Wildman–Crippen LogP) is 4.23. The summed E-state index contributed by atoms with van der Waals surface area (Å²) >= 11 is 0. The zero-order valence-electron chi connectivity index (χ0n) is 13.5. The molecule has 0 aliphatic heterocycles. The molecule has 1 aromatic rings. The molecule has 0 spiro atoms. The Kier molecular flexibility index (Phi) is 5.47. The maximum atomic E-state index is 3.74. The highest BCUT2D eigenvalue weighted by molar-refractivity contribution is 5.48. The van der Waals surface area contributed by atoms with Crippen molar-refractivity contribution in [1.29, 1.82) is 0 Å². The van der Waals surface area contributed by atoms with Crippen LogP contribution in [0.4, 0.5) is 5.69 Å². The molecule has 0 radical (unpaired) electrons. The summed E-state index contributed by atoms with van der Waals surface area (Å²) in [4.78, 5) is 2.19. The van der Waals surface area contributed by atoms with Gasteiger partial charge in [-0.05, 0) is 48.9 Å². The SMILES string of the molecule is CCNC(c1cccc(N(C)C)c1)C1CCCC(C)C1. The molecular formula is C18H30N2. The minimum atomic E-state index is 0.516. The molecule has 0 amide bonds. The molecular weight excluding hydrogens is 244 g/mol. The van der Waals surface area contributed by atoms with Gasteiger partial charge in [0.1, 0.15) is 0 Å². The van der Waals surface area contributed by atoms with Crippen LogP contribution in [0.1, 0.15) is 51.1 Å². The van der Waals surface area contributed by atoms with Crippen LogP contribution in [0.25, 0.3) is 0 Å². The van der Waals surface area contributed by atoms with Gasteiger partial charge in [-0.2, -0.15) is 0 Å². The van der Waals surface area contributed by atoms with E-state index in [0.29, 0.717) is 6.04 Å². The molecule has 1 aliphatic rings. The van der Waals surface area contributed by atoms with E-state index in [1.807, 2.05) is 0 Å². The number of rotatable bonds is 5. The molecule has 0 saturated heterocycles. The molecule has 1 N–H and O–H groups in total. The van der Waals surface area contributed by atoms with Crippen molar-refractivity contribution >= 4 is 5.69 Å². The molecule has 2 heteroatoms. The highest BCUT2D eigenvalue weighted by Crippen LogP contribution is 2.37. The molecule has 1 saturated carbocycles. The first-order valence-corrected chi connectivity index (χ1v) is 8.12. The molecule has 112 valence electrons. The Morgan fingerprint density at radius 3 is 2.75 bits per heavy atom. The van der Waals surface area contributed by atoms with Gasteiger partial charge in [-0.25, -0.2) is 0 Å². The number of nitrogens with zero attached hydrogens (tertiary/aromatic N) is 1. The van der Waals surface area contributed by atoms with Crippen molar-refractivity contribution in [3.8, 4) is 0 Å². The molecule has 2 nitrogen and oxygen atoms in total. The molecule has 1 aliphatic carbocycles. The summed E-state index contributed by atoms with van der Waals surface area (Å²) in [5.74, 6) is 1.67. The zero-order chi connectivity index (χ0) is 14.5. The van der Waals surface area contributed by atoms with Crippen LogP contribution < -0.4 is 10.2 Å². The van der Waals surface area contributed by atoms with E-state index in [1.54, 1.807) is 0 Å². The minimum Gasteiger partial charge on any atom is -0.378 e. The van der Waals surface area contributed by atoms with Gasteiger partial charge in [0.15, 0.2) is 0 Å². The van der Waals surface area contributed by atoms with Crippen molar-refractivity contribution in [2.24, 2.45) is 11.8 Å². The first kappa shape index (κ1) is 15.4. The van der Waals surface area contributed by atoms with Crippen LogP contribution in [0.15, 0.2) is 24.3 Å². The minimum absolute atomic E-state index is 0.516. The molecule has 0 heterocycles. The fraction of sp³-hybridized carbons (Fsp3) is 0.667. The Bertz CT molecular complexity index is 414. The van der Waals surface area contributed by atoms with Crippen LogP contribution >= 0.6 is 0 Å². The lowest BCUT2D eigenvalue weighted by atomic mass is 9.76. The van der Waals surface area contributed by atoms with Gasteiger partial charge in [0, 0.05) is 25.8 Å².